The lowest BCUT2D eigenvalue weighted by molar-refractivity contribution is 0.281. The Hall–Kier alpha value is -1.20. The van der Waals surface area contributed by atoms with Gasteiger partial charge in [0.15, 0.2) is 0 Å². The van der Waals surface area contributed by atoms with E-state index in [1.807, 2.05) is 0 Å². The second-order valence-electron chi connectivity index (χ2n) is 4.50. The molecule has 2 heterocycles. The van der Waals surface area contributed by atoms with Crippen molar-refractivity contribution in [1.29, 1.82) is 0 Å². The Balaban J connectivity index is 1.90. The standard InChI is InChI=1S/C12H20N4O/c1-16(8-10-4-3-5-13-10)9-11-12(17-2)15-7-6-14-11/h6-7,10,13H,3-5,8-9H2,1-2H3/t10-/m0/s1. The van der Waals surface area contributed by atoms with E-state index in [9.17, 15) is 0 Å². The number of hydrogen-bond donors (Lipinski definition) is 1. The summed E-state index contributed by atoms with van der Waals surface area (Å²) in [7, 11) is 3.74. The van der Waals surface area contributed by atoms with Gasteiger partial charge in [-0.3, -0.25) is 9.88 Å². The third kappa shape index (κ3) is 3.38. The predicted molar refractivity (Wildman–Crippen MR) is 65.9 cm³/mol. The fourth-order valence-electron chi connectivity index (χ4n) is 2.24. The number of methoxy groups -OCH3 is 1. The van der Waals surface area contributed by atoms with Crippen molar-refractivity contribution in [3.8, 4) is 5.88 Å². The molecule has 1 aromatic rings. The van der Waals surface area contributed by atoms with Crippen LogP contribution in [-0.2, 0) is 6.54 Å². The lowest BCUT2D eigenvalue weighted by Crippen LogP contribution is -2.35. The van der Waals surface area contributed by atoms with Crippen LogP contribution < -0.4 is 10.1 Å². The van der Waals surface area contributed by atoms with E-state index in [-0.39, 0.29) is 0 Å². The molecule has 5 heteroatoms. The van der Waals surface area contributed by atoms with Crippen LogP contribution in [0.25, 0.3) is 0 Å². The van der Waals surface area contributed by atoms with E-state index in [0.717, 1.165) is 25.3 Å². The lowest BCUT2D eigenvalue weighted by atomic mass is 10.2. The van der Waals surface area contributed by atoms with Crippen LogP contribution in [0.5, 0.6) is 5.88 Å². The zero-order valence-electron chi connectivity index (χ0n) is 10.5. The number of hydrogen-bond acceptors (Lipinski definition) is 5. The summed E-state index contributed by atoms with van der Waals surface area (Å²) in [5.41, 5.74) is 0.899. The Morgan fingerprint density at radius 1 is 1.47 bits per heavy atom. The van der Waals surface area contributed by atoms with E-state index in [1.165, 1.54) is 12.8 Å². The maximum atomic E-state index is 5.20. The van der Waals surface area contributed by atoms with Gasteiger partial charge in [0.25, 0.3) is 0 Å². The Labute approximate surface area is 102 Å². The summed E-state index contributed by atoms with van der Waals surface area (Å²) in [5, 5.41) is 3.49. The lowest BCUT2D eigenvalue weighted by Gasteiger charge is -2.21. The topological polar surface area (TPSA) is 50.3 Å². The van der Waals surface area contributed by atoms with Gasteiger partial charge < -0.3 is 10.1 Å². The molecule has 1 saturated heterocycles. The number of aromatic nitrogens is 2. The quantitative estimate of drug-likeness (QED) is 0.814. The molecule has 5 nitrogen and oxygen atoms in total. The van der Waals surface area contributed by atoms with E-state index in [0.29, 0.717) is 11.9 Å². The van der Waals surface area contributed by atoms with Crippen molar-refractivity contribution in [2.45, 2.75) is 25.4 Å². The number of nitrogens with one attached hydrogen (secondary N) is 1. The van der Waals surface area contributed by atoms with Crippen molar-refractivity contribution in [2.24, 2.45) is 0 Å². The predicted octanol–water partition coefficient (Wildman–Crippen LogP) is 0.669. The van der Waals surface area contributed by atoms with Gasteiger partial charge in [0.05, 0.1) is 7.11 Å². The summed E-state index contributed by atoms with van der Waals surface area (Å²) in [5.74, 6) is 0.624. The molecule has 0 spiro atoms. The van der Waals surface area contributed by atoms with E-state index in [1.54, 1.807) is 19.5 Å². The van der Waals surface area contributed by atoms with Crippen LogP contribution in [0.3, 0.4) is 0 Å². The minimum Gasteiger partial charge on any atom is -0.480 e. The molecule has 1 fully saturated rings. The largest absolute Gasteiger partial charge is 0.480 e. The van der Waals surface area contributed by atoms with Gasteiger partial charge >= 0.3 is 0 Å². The molecule has 94 valence electrons. The second kappa shape index (κ2) is 5.93. The molecule has 0 saturated carbocycles. The van der Waals surface area contributed by atoms with Crippen molar-refractivity contribution >= 4 is 0 Å². The third-order valence-corrected chi connectivity index (χ3v) is 3.04. The van der Waals surface area contributed by atoms with Crippen LogP contribution in [0, 0.1) is 0 Å². The molecule has 17 heavy (non-hydrogen) atoms. The van der Waals surface area contributed by atoms with Crippen LogP contribution in [0.4, 0.5) is 0 Å². The molecule has 1 aliphatic heterocycles. The monoisotopic (exact) mass is 236 g/mol. The molecular weight excluding hydrogens is 216 g/mol. The first-order chi connectivity index (χ1) is 8.29. The summed E-state index contributed by atoms with van der Waals surface area (Å²) in [6, 6.07) is 0.614. The van der Waals surface area contributed by atoms with Crippen LogP contribution in [0.2, 0.25) is 0 Å². The number of rotatable bonds is 5. The summed E-state index contributed by atoms with van der Waals surface area (Å²) in [6.45, 7) is 2.96. The van der Waals surface area contributed by atoms with Crippen molar-refractivity contribution < 1.29 is 4.74 Å². The van der Waals surface area contributed by atoms with E-state index >= 15 is 0 Å². The van der Waals surface area contributed by atoms with E-state index < -0.39 is 0 Å². The average Bonchev–Trinajstić information content (AvgIpc) is 2.82. The van der Waals surface area contributed by atoms with E-state index in [4.69, 9.17) is 4.74 Å². The molecule has 0 aliphatic carbocycles. The minimum absolute atomic E-state index is 0.614. The highest BCUT2D eigenvalue weighted by atomic mass is 16.5. The number of ether oxygens (including phenoxy) is 1. The summed E-state index contributed by atoms with van der Waals surface area (Å²) >= 11 is 0. The van der Waals surface area contributed by atoms with Crippen LogP contribution in [0.1, 0.15) is 18.5 Å². The molecule has 0 radical (unpaired) electrons. The highest BCUT2D eigenvalue weighted by Crippen LogP contribution is 2.13. The molecule has 1 atom stereocenters. The second-order valence-corrected chi connectivity index (χ2v) is 4.50. The molecule has 1 aromatic heterocycles. The van der Waals surface area contributed by atoms with Crippen LogP contribution in [0.15, 0.2) is 12.4 Å². The molecule has 1 aliphatic rings. The zero-order chi connectivity index (χ0) is 12.1. The first kappa shape index (κ1) is 12.3. The van der Waals surface area contributed by atoms with Crippen LogP contribution in [-0.4, -0.2) is 48.2 Å². The Morgan fingerprint density at radius 2 is 2.29 bits per heavy atom. The maximum Gasteiger partial charge on any atom is 0.236 e. The van der Waals surface area contributed by atoms with Gasteiger partial charge in [-0.1, -0.05) is 0 Å². The fourth-order valence-corrected chi connectivity index (χ4v) is 2.24. The number of likely N-dealkylation sites (N-methyl/N-ethyl adjacent to an activating group) is 1. The smallest absolute Gasteiger partial charge is 0.236 e. The summed E-state index contributed by atoms with van der Waals surface area (Å²) < 4.78 is 5.20. The molecule has 0 unspecified atom stereocenters. The average molecular weight is 236 g/mol. The molecule has 0 amide bonds. The normalized spacial score (nSPS) is 19.8. The van der Waals surface area contributed by atoms with E-state index in [2.05, 4.69) is 27.2 Å². The Kier molecular flexibility index (Phi) is 4.28. The fraction of sp³-hybridized carbons (Fsp3) is 0.667. The van der Waals surface area contributed by atoms with Crippen molar-refractivity contribution in [3.63, 3.8) is 0 Å². The third-order valence-electron chi connectivity index (χ3n) is 3.04. The first-order valence-electron chi connectivity index (χ1n) is 6.05. The highest BCUT2D eigenvalue weighted by Gasteiger charge is 2.17. The number of nitrogens with zero attached hydrogens (tertiary/aromatic N) is 3. The minimum atomic E-state index is 0.614. The summed E-state index contributed by atoms with van der Waals surface area (Å²) in [4.78, 5) is 10.7. The van der Waals surface area contributed by atoms with Crippen molar-refractivity contribution in [2.75, 3.05) is 27.2 Å². The van der Waals surface area contributed by atoms with Gasteiger partial charge in [-0.2, -0.15) is 0 Å². The Bertz CT molecular complexity index is 352. The van der Waals surface area contributed by atoms with Gasteiger partial charge in [-0.15, -0.1) is 0 Å². The van der Waals surface area contributed by atoms with Gasteiger partial charge in [-0.05, 0) is 26.4 Å². The van der Waals surface area contributed by atoms with Crippen molar-refractivity contribution in [3.05, 3.63) is 18.1 Å². The van der Waals surface area contributed by atoms with Gasteiger partial charge in [0.1, 0.15) is 5.69 Å². The molecule has 0 bridgehead atoms. The SMILES string of the molecule is COc1nccnc1CN(C)C[C@@H]1CCCN1. The van der Waals surface area contributed by atoms with Crippen LogP contribution >= 0.6 is 0 Å². The summed E-state index contributed by atoms with van der Waals surface area (Å²) in [6.07, 6.45) is 5.91. The van der Waals surface area contributed by atoms with Gasteiger partial charge in [-0.25, -0.2) is 4.98 Å². The molecule has 0 aromatic carbocycles. The molecular formula is C12H20N4O. The van der Waals surface area contributed by atoms with Gasteiger partial charge in [0, 0.05) is 31.5 Å². The molecule has 2 rings (SSSR count). The molecule has 1 N–H and O–H groups in total. The maximum absolute atomic E-state index is 5.20. The zero-order valence-corrected chi connectivity index (χ0v) is 10.5. The van der Waals surface area contributed by atoms with Gasteiger partial charge in [0.2, 0.25) is 5.88 Å². The first-order valence-corrected chi connectivity index (χ1v) is 6.05. The Morgan fingerprint density at radius 3 is 3.00 bits per heavy atom. The highest BCUT2D eigenvalue weighted by molar-refractivity contribution is 5.16. The van der Waals surface area contributed by atoms with Crippen molar-refractivity contribution in [1.82, 2.24) is 20.2 Å².